The number of benzene rings is 2. The van der Waals surface area contributed by atoms with E-state index < -0.39 is 6.04 Å². The van der Waals surface area contributed by atoms with E-state index in [1.54, 1.807) is 45.0 Å². The van der Waals surface area contributed by atoms with E-state index >= 15 is 0 Å². The van der Waals surface area contributed by atoms with Gasteiger partial charge in [-0.05, 0) is 45.4 Å². The van der Waals surface area contributed by atoms with Crippen molar-refractivity contribution in [1.82, 2.24) is 10.6 Å². The Morgan fingerprint density at radius 3 is 2.10 bits per heavy atom. The van der Waals surface area contributed by atoms with Crippen molar-refractivity contribution in [2.75, 3.05) is 0 Å². The second-order valence-corrected chi connectivity index (χ2v) is 7.72. The van der Waals surface area contributed by atoms with E-state index in [4.69, 9.17) is 4.74 Å². The number of rotatable bonds is 9. The van der Waals surface area contributed by atoms with Gasteiger partial charge in [0.2, 0.25) is 5.91 Å². The highest BCUT2D eigenvalue weighted by molar-refractivity contribution is 5.94. The average molecular weight is 411 g/mol. The summed E-state index contributed by atoms with van der Waals surface area (Å²) in [6.45, 7) is 7.32. The number of carbonyl (C=O) groups excluding carboxylic acids is 3. The smallest absolute Gasteiger partial charge is 0.308 e. The number of nitrogens with one attached hydrogen (secondary N) is 2. The number of ether oxygens (including phenoxy) is 1. The predicted molar refractivity (Wildman–Crippen MR) is 116 cm³/mol. The number of hydrogen-bond acceptors (Lipinski definition) is 4. The molecule has 2 rings (SSSR count). The second kappa shape index (κ2) is 11.1. The zero-order valence-electron chi connectivity index (χ0n) is 18.0. The zero-order chi connectivity index (χ0) is 22.1. The maximum absolute atomic E-state index is 12.6. The molecule has 0 bridgehead atoms. The molecule has 2 unspecified atom stereocenters. The van der Waals surface area contributed by atoms with Crippen molar-refractivity contribution in [3.63, 3.8) is 0 Å². The van der Waals surface area contributed by atoms with Crippen LogP contribution in [0.25, 0.3) is 0 Å². The van der Waals surface area contributed by atoms with Gasteiger partial charge in [-0.15, -0.1) is 0 Å². The first kappa shape index (κ1) is 23.1. The number of hydrogen-bond donors (Lipinski definition) is 2. The monoisotopic (exact) mass is 410 g/mol. The minimum atomic E-state index is -0.499. The van der Waals surface area contributed by atoms with E-state index in [0.29, 0.717) is 5.56 Å². The third-order valence-electron chi connectivity index (χ3n) is 4.46. The minimum absolute atomic E-state index is 0.0394. The number of amides is 2. The van der Waals surface area contributed by atoms with Crippen LogP contribution in [0.5, 0.6) is 0 Å². The van der Waals surface area contributed by atoms with Crippen LogP contribution in [0.4, 0.5) is 0 Å². The highest BCUT2D eigenvalue weighted by atomic mass is 16.5. The summed E-state index contributed by atoms with van der Waals surface area (Å²) in [5.41, 5.74) is 2.46. The summed E-state index contributed by atoms with van der Waals surface area (Å²) in [5, 5.41) is 5.73. The average Bonchev–Trinajstić information content (AvgIpc) is 2.68. The Morgan fingerprint density at radius 2 is 1.50 bits per heavy atom. The van der Waals surface area contributed by atoms with Crippen LogP contribution in [0.2, 0.25) is 0 Å². The minimum Gasteiger partial charge on any atom is -0.463 e. The lowest BCUT2D eigenvalue weighted by molar-refractivity contribution is -0.148. The SMILES string of the molecule is Cc1ccc(C(CC(=O)OC(C)C)NC(=O)CC(C)NC(=O)c2ccccc2)cc1. The van der Waals surface area contributed by atoms with E-state index in [9.17, 15) is 14.4 Å². The molecule has 0 saturated heterocycles. The van der Waals surface area contributed by atoms with Gasteiger partial charge in [-0.25, -0.2) is 0 Å². The van der Waals surface area contributed by atoms with E-state index in [1.807, 2.05) is 37.3 Å². The first-order chi connectivity index (χ1) is 14.2. The fourth-order valence-corrected chi connectivity index (χ4v) is 3.01. The molecule has 160 valence electrons. The van der Waals surface area contributed by atoms with Crippen LogP contribution in [0.1, 0.15) is 61.1 Å². The van der Waals surface area contributed by atoms with E-state index in [1.165, 1.54) is 0 Å². The highest BCUT2D eigenvalue weighted by Gasteiger charge is 2.21. The Labute approximate surface area is 178 Å². The van der Waals surface area contributed by atoms with Crippen molar-refractivity contribution < 1.29 is 19.1 Å². The van der Waals surface area contributed by atoms with Crippen molar-refractivity contribution in [3.8, 4) is 0 Å². The van der Waals surface area contributed by atoms with Crippen LogP contribution in [-0.2, 0) is 14.3 Å². The van der Waals surface area contributed by atoms with Crippen molar-refractivity contribution in [2.24, 2.45) is 0 Å². The molecular formula is C24H30N2O4. The van der Waals surface area contributed by atoms with Crippen LogP contribution in [-0.4, -0.2) is 29.9 Å². The Bertz CT molecular complexity index is 847. The summed E-state index contributed by atoms with van der Waals surface area (Å²) >= 11 is 0. The third-order valence-corrected chi connectivity index (χ3v) is 4.46. The molecule has 2 N–H and O–H groups in total. The highest BCUT2D eigenvalue weighted by Crippen LogP contribution is 2.19. The van der Waals surface area contributed by atoms with Gasteiger partial charge in [0, 0.05) is 18.0 Å². The topological polar surface area (TPSA) is 84.5 Å². The van der Waals surface area contributed by atoms with E-state index in [0.717, 1.165) is 11.1 Å². The van der Waals surface area contributed by atoms with Gasteiger partial charge < -0.3 is 15.4 Å². The lowest BCUT2D eigenvalue weighted by Gasteiger charge is -2.21. The van der Waals surface area contributed by atoms with Crippen molar-refractivity contribution in [1.29, 1.82) is 0 Å². The van der Waals surface area contributed by atoms with Gasteiger partial charge in [-0.1, -0.05) is 48.0 Å². The van der Waals surface area contributed by atoms with Gasteiger partial charge in [0.15, 0.2) is 0 Å². The molecule has 2 atom stereocenters. The van der Waals surface area contributed by atoms with Crippen molar-refractivity contribution in [2.45, 2.75) is 58.7 Å². The molecule has 30 heavy (non-hydrogen) atoms. The molecule has 0 aromatic heterocycles. The van der Waals surface area contributed by atoms with Gasteiger partial charge in [0.25, 0.3) is 5.91 Å². The molecule has 2 amide bonds. The first-order valence-electron chi connectivity index (χ1n) is 10.2. The zero-order valence-corrected chi connectivity index (χ0v) is 18.0. The molecule has 2 aromatic rings. The molecule has 6 heteroatoms. The second-order valence-electron chi connectivity index (χ2n) is 7.72. The summed E-state index contributed by atoms with van der Waals surface area (Å²) in [4.78, 5) is 37.0. The Hall–Kier alpha value is -3.15. The van der Waals surface area contributed by atoms with Gasteiger partial charge in [-0.3, -0.25) is 14.4 Å². The van der Waals surface area contributed by atoms with Crippen molar-refractivity contribution >= 4 is 17.8 Å². The Morgan fingerprint density at radius 1 is 0.867 bits per heavy atom. The standard InChI is InChI=1S/C24H30N2O4/c1-16(2)30-23(28)15-21(19-12-10-17(3)11-13-19)26-22(27)14-18(4)25-24(29)20-8-6-5-7-9-20/h5-13,16,18,21H,14-15H2,1-4H3,(H,25,29)(H,26,27). The summed E-state index contributed by atoms with van der Waals surface area (Å²) in [7, 11) is 0. The predicted octanol–water partition coefficient (Wildman–Crippen LogP) is 3.70. The van der Waals surface area contributed by atoms with Crippen LogP contribution in [0, 0.1) is 6.92 Å². The summed E-state index contributed by atoms with van der Waals surface area (Å²) in [5.74, 6) is -0.855. The Balaban J connectivity index is 1.99. The first-order valence-corrected chi connectivity index (χ1v) is 10.2. The van der Waals surface area contributed by atoms with Crippen LogP contribution in [0.3, 0.4) is 0 Å². The molecule has 2 aromatic carbocycles. The number of aryl methyl sites for hydroxylation is 1. The van der Waals surface area contributed by atoms with Gasteiger partial charge in [0.1, 0.15) is 0 Å². The summed E-state index contributed by atoms with van der Waals surface area (Å²) in [6.07, 6.45) is -0.0853. The van der Waals surface area contributed by atoms with Crippen LogP contribution < -0.4 is 10.6 Å². The molecule has 0 aliphatic heterocycles. The summed E-state index contributed by atoms with van der Waals surface area (Å²) in [6, 6.07) is 15.6. The van der Waals surface area contributed by atoms with Gasteiger partial charge in [0.05, 0.1) is 18.6 Å². The molecule has 0 aliphatic carbocycles. The quantitative estimate of drug-likeness (QED) is 0.618. The van der Waals surface area contributed by atoms with Crippen LogP contribution in [0.15, 0.2) is 54.6 Å². The molecule has 0 heterocycles. The molecule has 6 nitrogen and oxygen atoms in total. The molecular weight excluding hydrogens is 380 g/mol. The fourth-order valence-electron chi connectivity index (χ4n) is 3.01. The fraction of sp³-hybridized carbons (Fsp3) is 0.375. The molecule has 0 spiro atoms. The van der Waals surface area contributed by atoms with Crippen LogP contribution >= 0.6 is 0 Å². The van der Waals surface area contributed by atoms with E-state index in [2.05, 4.69) is 10.6 Å². The third kappa shape index (κ3) is 7.70. The molecule has 0 saturated carbocycles. The van der Waals surface area contributed by atoms with E-state index in [-0.39, 0.29) is 42.8 Å². The summed E-state index contributed by atoms with van der Waals surface area (Å²) < 4.78 is 5.24. The maximum Gasteiger partial charge on any atom is 0.308 e. The van der Waals surface area contributed by atoms with Crippen molar-refractivity contribution in [3.05, 3.63) is 71.3 Å². The Kier molecular flexibility index (Phi) is 8.59. The number of esters is 1. The largest absolute Gasteiger partial charge is 0.463 e. The molecule has 0 fully saturated rings. The molecule has 0 aliphatic rings. The van der Waals surface area contributed by atoms with Gasteiger partial charge >= 0.3 is 5.97 Å². The van der Waals surface area contributed by atoms with Gasteiger partial charge in [-0.2, -0.15) is 0 Å². The maximum atomic E-state index is 12.6. The number of carbonyl (C=O) groups is 3. The normalized spacial score (nSPS) is 12.7. The molecule has 0 radical (unpaired) electrons. The lowest BCUT2D eigenvalue weighted by atomic mass is 10.0. The lowest BCUT2D eigenvalue weighted by Crippen LogP contribution is -2.38.